The SMILES string of the molecule is CCCOc1cccc(NC2=C(c3ccc(C)c(C)c3)C(=O)N(CCCOCC)C2=O)c1. The number of nitrogens with zero attached hydrogens (tertiary/aromatic N) is 1. The molecule has 0 aromatic heterocycles. The Bertz CT molecular complexity index is 1010. The highest BCUT2D eigenvalue weighted by atomic mass is 16.5. The van der Waals surface area contributed by atoms with E-state index in [2.05, 4.69) is 5.32 Å². The molecule has 6 heteroatoms. The molecule has 1 N–H and O–H groups in total. The maximum atomic E-state index is 13.3. The highest BCUT2D eigenvalue weighted by molar-refractivity contribution is 6.36. The molecule has 1 heterocycles. The molecule has 0 atom stereocenters. The summed E-state index contributed by atoms with van der Waals surface area (Å²) in [5, 5.41) is 3.21. The second-order valence-corrected chi connectivity index (χ2v) is 7.86. The molecule has 2 aromatic rings. The number of carbonyl (C=O) groups is 2. The van der Waals surface area contributed by atoms with E-state index < -0.39 is 0 Å². The van der Waals surface area contributed by atoms with Crippen LogP contribution < -0.4 is 10.1 Å². The average Bonchev–Trinajstić information content (AvgIpc) is 3.01. The minimum absolute atomic E-state index is 0.282. The van der Waals surface area contributed by atoms with E-state index in [0.717, 1.165) is 28.9 Å². The Morgan fingerprint density at radius 1 is 0.938 bits per heavy atom. The van der Waals surface area contributed by atoms with Crippen LogP contribution in [0, 0.1) is 13.8 Å². The van der Waals surface area contributed by atoms with Crippen molar-refractivity contribution in [2.24, 2.45) is 0 Å². The number of rotatable bonds is 11. The third kappa shape index (κ3) is 5.37. The first-order valence-corrected chi connectivity index (χ1v) is 11.2. The molecule has 0 aliphatic carbocycles. The second kappa shape index (κ2) is 11.0. The van der Waals surface area contributed by atoms with Gasteiger partial charge in [-0.15, -0.1) is 0 Å². The largest absolute Gasteiger partial charge is 0.494 e. The summed E-state index contributed by atoms with van der Waals surface area (Å²) in [6.07, 6.45) is 1.50. The summed E-state index contributed by atoms with van der Waals surface area (Å²) in [7, 11) is 0. The van der Waals surface area contributed by atoms with Gasteiger partial charge in [0.2, 0.25) is 0 Å². The standard InChI is InChI=1S/C26H32N2O4/c1-5-14-32-22-10-7-9-21(17-22)27-24-23(20-12-11-18(3)19(4)16-20)25(29)28(26(24)30)13-8-15-31-6-2/h7,9-12,16-17,27H,5-6,8,13-15H2,1-4H3. The number of benzene rings is 2. The molecule has 170 valence electrons. The molecule has 1 aliphatic heterocycles. The fourth-order valence-electron chi connectivity index (χ4n) is 3.56. The molecule has 6 nitrogen and oxygen atoms in total. The molecule has 0 radical (unpaired) electrons. The van der Waals surface area contributed by atoms with Gasteiger partial charge in [0.05, 0.1) is 12.2 Å². The van der Waals surface area contributed by atoms with E-state index in [1.54, 1.807) is 0 Å². The molecule has 1 aliphatic rings. The van der Waals surface area contributed by atoms with Crippen LogP contribution in [-0.2, 0) is 14.3 Å². The molecule has 2 amide bonds. The molecule has 3 rings (SSSR count). The maximum absolute atomic E-state index is 13.3. The van der Waals surface area contributed by atoms with Crippen molar-refractivity contribution in [3.63, 3.8) is 0 Å². The van der Waals surface area contributed by atoms with Crippen molar-refractivity contribution in [3.05, 3.63) is 64.9 Å². The van der Waals surface area contributed by atoms with Gasteiger partial charge >= 0.3 is 0 Å². The number of carbonyl (C=O) groups excluding carboxylic acids is 2. The normalized spacial score (nSPS) is 13.8. The van der Waals surface area contributed by atoms with Gasteiger partial charge in [0.25, 0.3) is 11.8 Å². The second-order valence-electron chi connectivity index (χ2n) is 7.86. The van der Waals surface area contributed by atoms with Crippen molar-refractivity contribution >= 4 is 23.1 Å². The summed E-state index contributed by atoms with van der Waals surface area (Å²) < 4.78 is 11.1. The highest BCUT2D eigenvalue weighted by Gasteiger charge is 2.39. The lowest BCUT2D eigenvalue weighted by Crippen LogP contribution is -2.34. The Hall–Kier alpha value is -3.12. The number of nitrogens with one attached hydrogen (secondary N) is 1. The lowest BCUT2D eigenvalue weighted by molar-refractivity contribution is -0.137. The quantitative estimate of drug-likeness (QED) is 0.408. The van der Waals surface area contributed by atoms with Crippen LogP contribution in [0.1, 0.15) is 43.4 Å². The Morgan fingerprint density at radius 3 is 2.47 bits per heavy atom. The van der Waals surface area contributed by atoms with E-state index >= 15 is 0 Å². The number of anilines is 1. The van der Waals surface area contributed by atoms with E-state index in [9.17, 15) is 9.59 Å². The molecule has 0 saturated heterocycles. The van der Waals surface area contributed by atoms with Crippen molar-refractivity contribution in [2.45, 2.75) is 40.5 Å². The van der Waals surface area contributed by atoms with E-state index in [4.69, 9.17) is 9.47 Å². The van der Waals surface area contributed by atoms with Crippen molar-refractivity contribution in [1.82, 2.24) is 4.90 Å². The smallest absolute Gasteiger partial charge is 0.278 e. The number of hydrogen-bond acceptors (Lipinski definition) is 5. The van der Waals surface area contributed by atoms with Crippen LogP contribution in [0.25, 0.3) is 5.57 Å². The summed E-state index contributed by atoms with van der Waals surface area (Å²) >= 11 is 0. The molecule has 2 aromatic carbocycles. The molecule has 0 saturated carbocycles. The number of amides is 2. The minimum Gasteiger partial charge on any atom is -0.494 e. The van der Waals surface area contributed by atoms with E-state index in [1.807, 2.05) is 70.2 Å². The zero-order chi connectivity index (χ0) is 23.1. The minimum atomic E-state index is -0.320. The number of hydrogen-bond donors (Lipinski definition) is 1. The third-order valence-corrected chi connectivity index (χ3v) is 5.41. The van der Waals surface area contributed by atoms with E-state index in [-0.39, 0.29) is 11.8 Å². The molecular formula is C26H32N2O4. The molecule has 0 fully saturated rings. The van der Waals surface area contributed by atoms with Crippen molar-refractivity contribution in [3.8, 4) is 5.75 Å². The molecule has 0 unspecified atom stereocenters. The van der Waals surface area contributed by atoms with Gasteiger partial charge in [0.15, 0.2) is 0 Å². The number of aryl methyl sites for hydroxylation is 2. The maximum Gasteiger partial charge on any atom is 0.278 e. The fraction of sp³-hybridized carbons (Fsp3) is 0.385. The van der Waals surface area contributed by atoms with Crippen LogP contribution in [0.3, 0.4) is 0 Å². The van der Waals surface area contributed by atoms with Gasteiger partial charge in [0, 0.05) is 31.5 Å². The lowest BCUT2D eigenvalue weighted by Gasteiger charge is -2.15. The van der Waals surface area contributed by atoms with Crippen molar-refractivity contribution < 1.29 is 19.1 Å². The Kier molecular flexibility index (Phi) is 8.06. The van der Waals surface area contributed by atoms with Gasteiger partial charge in [-0.05, 0) is 62.4 Å². The van der Waals surface area contributed by atoms with Crippen molar-refractivity contribution in [2.75, 3.05) is 31.7 Å². The Labute approximate surface area is 190 Å². The van der Waals surface area contributed by atoms with Crippen LogP contribution in [0.5, 0.6) is 5.75 Å². The molecule has 32 heavy (non-hydrogen) atoms. The Balaban J connectivity index is 1.94. The van der Waals surface area contributed by atoms with Gasteiger partial charge in [-0.1, -0.05) is 31.2 Å². The zero-order valence-corrected chi connectivity index (χ0v) is 19.4. The molecular weight excluding hydrogens is 404 g/mol. The lowest BCUT2D eigenvalue weighted by atomic mass is 9.99. The first-order chi connectivity index (χ1) is 15.5. The first kappa shape index (κ1) is 23.5. The van der Waals surface area contributed by atoms with Crippen LogP contribution >= 0.6 is 0 Å². The van der Waals surface area contributed by atoms with Gasteiger partial charge in [-0.2, -0.15) is 0 Å². The number of imide groups is 1. The summed E-state index contributed by atoms with van der Waals surface area (Å²) in [6.45, 7) is 10.0. The van der Waals surface area contributed by atoms with Gasteiger partial charge in [-0.3, -0.25) is 14.5 Å². The van der Waals surface area contributed by atoms with Gasteiger partial charge in [0.1, 0.15) is 11.4 Å². The predicted octanol–water partition coefficient (Wildman–Crippen LogP) is 4.71. The average molecular weight is 437 g/mol. The van der Waals surface area contributed by atoms with E-state index in [1.165, 1.54) is 4.90 Å². The van der Waals surface area contributed by atoms with Crippen LogP contribution in [-0.4, -0.2) is 43.1 Å². The Morgan fingerprint density at radius 2 is 1.75 bits per heavy atom. The van der Waals surface area contributed by atoms with Crippen LogP contribution in [0.4, 0.5) is 5.69 Å². The van der Waals surface area contributed by atoms with Gasteiger partial charge < -0.3 is 14.8 Å². The monoisotopic (exact) mass is 436 g/mol. The van der Waals surface area contributed by atoms with E-state index in [0.29, 0.717) is 49.7 Å². The fourth-order valence-corrected chi connectivity index (χ4v) is 3.56. The zero-order valence-electron chi connectivity index (χ0n) is 19.4. The van der Waals surface area contributed by atoms with Crippen LogP contribution in [0.2, 0.25) is 0 Å². The summed E-state index contributed by atoms with van der Waals surface area (Å²) in [5.74, 6) is 0.116. The van der Waals surface area contributed by atoms with Crippen LogP contribution in [0.15, 0.2) is 48.2 Å². The number of ether oxygens (including phenoxy) is 2. The first-order valence-electron chi connectivity index (χ1n) is 11.2. The van der Waals surface area contributed by atoms with Gasteiger partial charge in [-0.25, -0.2) is 0 Å². The third-order valence-electron chi connectivity index (χ3n) is 5.41. The summed E-state index contributed by atoms with van der Waals surface area (Å²) in [5.41, 5.74) is 4.33. The molecule has 0 spiro atoms. The van der Waals surface area contributed by atoms with Crippen molar-refractivity contribution in [1.29, 1.82) is 0 Å². The highest BCUT2D eigenvalue weighted by Crippen LogP contribution is 2.32. The molecule has 0 bridgehead atoms. The topological polar surface area (TPSA) is 67.9 Å². The summed E-state index contributed by atoms with van der Waals surface area (Å²) in [4.78, 5) is 27.9. The summed E-state index contributed by atoms with van der Waals surface area (Å²) in [6, 6.07) is 13.3. The predicted molar refractivity (Wildman–Crippen MR) is 127 cm³/mol.